The first-order valence-electron chi connectivity index (χ1n) is 12.9. The van der Waals surface area contributed by atoms with Gasteiger partial charge in [-0.15, -0.1) is 13.2 Å². The van der Waals surface area contributed by atoms with Crippen molar-refractivity contribution >= 4 is 11.9 Å². The summed E-state index contributed by atoms with van der Waals surface area (Å²) in [4.78, 5) is 24.9. The molecule has 4 heteroatoms. The van der Waals surface area contributed by atoms with Gasteiger partial charge < -0.3 is 9.47 Å². The van der Waals surface area contributed by atoms with Gasteiger partial charge in [0.2, 0.25) is 0 Å². The Labute approximate surface area is 195 Å². The first-order chi connectivity index (χ1) is 15.5. The zero-order valence-corrected chi connectivity index (χ0v) is 20.3. The molecule has 6 atom stereocenters. The fourth-order valence-electron chi connectivity index (χ4n) is 5.59. The Morgan fingerprint density at radius 2 is 1.16 bits per heavy atom. The van der Waals surface area contributed by atoms with E-state index in [9.17, 15) is 9.59 Å². The average Bonchev–Trinajstić information content (AvgIpc) is 2.80. The highest BCUT2D eigenvalue weighted by Crippen LogP contribution is 2.37. The number of allylic oxidation sites excluding steroid dienone is 2. The van der Waals surface area contributed by atoms with Gasteiger partial charge in [-0.3, -0.25) is 0 Å². The molecule has 0 saturated heterocycles. The van der Waals surface area contributed by atoms with Crippen molar-refractivity contribution in [3.8, 4) is 0 Å². The maximum atomic E-state index is 12.5. The molecule has 0 N–H and O–H groups in total. The monoisotopic (exact) mass is 444 g/mol. The van der Waals surface area contributed by atoms with E-state index in [4.69, 9.17) is 9.47 Å². The molecule has 0 bridgehead atoms. The lowest BCUT2D eigenvalue weighted by atomic mass is 9.75. The normalized spacial score (nSPS) is 30.6. The third-order valence-electron chi connectivity index (χ3n) is 7.39. The van der Waals surface area contributed by atoms with Gasteiger partial charge in [-0.05, 0) is 63.2 Å². The lowest BCUT2D eigenvalue weighted by Gasteiger charge is -2.36. The molecule has 2 saturated carbocycles. The van der Waals surface area contributed by atoms with Crippen LogP contribution in [0.1, 0.15) is 90.9 Å². The molecule has 0 aromatic carbocycles. The van der Waals surface area contributed by atoms with Crippen LogP contribution in [0.25, 0.3) is 0 Å². The Balaban J connectivity index is 1.91. The largest absolute Gasteiger partial charge is 0.459 e. The van der Waals surface area contributed by atoms with Gasteiger partial charge in [0, 0.05) is 24.0 Å². The molecular formula is C28H44O4. The molecule has 0 aromatic heterocycles. The van der Waals surface area contributed by atoms with Crippen molar-refractivity contribution in [2.24, 2.45) is 23.7 Å². The predicted octanol–water partition coefficient (Wildman–Crippen LogP) is 6.95. The minimum atomic E-state index is -0.451. The highest BCUT2D eigenvalue weighted by molar-refractivity contribution is 5.91. The lowest BCUT2D eigenvalue weighted by Crippen LogP contribution is -2.35. The topological polar surface area (TPSA) is 52.6 Å². The Morgan fingerprint density at radius 3 is 1.50 bits per heavy atom. The van der Waals surface area contributed by atoms with E-state index >= 15 is 0 Å². The van der Waals surface area contributed by atoms with E-state index in [0.717, 1.165) is 77.0 Å². The summed E-state index contributed by atoms with van der Waals surface area (Å²) in [6, 6.07) is 0. The fraction of sp³-hybridized carbons (Fsp3) is 0.714. The van der Waals surface area contributed by atoms with Crippen LogP contribution in [0.3, 0.4) is 0 Å². The molecule has 2 fully saturated rings. The molecule has 2 aliphatic rings. The third kappa shape index (κ3) is 7.94. The second kappa shape index (κ2) is 14.3. The van der Waals surface area contributed by atoms with Gasteiger partial charge in [-0.2, -0.15) is 0 Å². The van der Waals surface area contributed by atoms with Crippen LogP contribution in [-0.2, 0) is 19.1 Å². The molecule has 6 unspecified atom stereocenters. The van der Waals surface area contributed by atoms with Crippen molar-refractivity contribution in [1.82, 2.24) is 0 Å². The van der Waals surface area contributed by atoms with Crippen molar-refractivity contribution in [3.05, 3.63) is 37.5 Å². The van der Waals surface area contributed by atoms with Gasteiger partial charge in [0.25, 0.3) is 0 Å². The molecule has 0 heterocycles. The molecule has 4 nitrogen and oxygen atoms in total. The standard InChI is InChI=1S/C28H44O4/c1-5-9-15-23-21(7-3)13-11-17-25(23)31-27(29)19-20-28(30)32-26-18-12-14-22(8-4)24(26)16-10-6-2/h7-8,19-26H,3-6,9-18H2,1-2H3/b20-19-. The Morgan fingerprint density at radius 1 is 0.750 bits per heavy atom. The molecule has 0 aliphatic heterocycles. The number of hydrogen-bond acceptors (Lipinski definition) is 4. The average molecular weight is 445 g/mol. The lowest BCUT2D eigenvalue weighted by molar-refractivity contribution is -0.151. The molecule has 2 aliphatic carbocycles. The van der Waals surface area contributed by atoms with Crippen molar-refractivity contribution in [3.63, 3.8) is 0 Å². The first kappa shape index (κ1) is 26.4. The number of esters is 2. The van der Waals surface area contributed by atoms with E-state index in [1.54, 1.807) is 0 Å². The van der Waals surface area contributed by atoms with Gasteiger partial charge in [0.15, 0.2) is 0 Å². The Kier molecular flexibility index (Phi) is 11.8. The summed E-state index contributed by atoms with van der Waals surface area (Å²) in [5.41, 5.74) is 0. The van der Waals surface area contributed by atoms with Gasteiger partial charge in [-0.1, -0.05) is 51.7 Å². The summed E-state index contributed by atoms with van der Waals surface area (Å²) in [7, 11) is 0. The quantitative estimate of drug-likeness (QED) is 0.186. The molecule has 0 spiro atoms. The summed E-state index contributed by atoms with van der Waals surface area (Å²) in [6.07, 6.45) is 19.0. The number of carbonyl (C=O) groups is 2. The van der Waals surface area contributed by atoms with Gasteiger partial charge in [-0.25, -0.2) is 9.59 Å². The van der Waals surface area contributed by atoms with E-state index in [1.165, 1.54) is 12.2 Å². The van der Waals surface area contributed by atoms with Crippen molar-refractivity contribution in [1.29, 1.82) is 0 Å². The van der Waals surface area contributed by atoms with E-state index in [1.807, 2.05) is 12.2 Å². The molecule has 180 valence electrons. The highest BCUT2D eigenvalue weighted by atomic mass is 16.5. The Hall–Kier alpha value is -1.84. The van der Waals surface area contributed by atoms with Crippen LogP contribution >= 0.6 is 0 Å². The van der Waals surface area contributed by atoms with Crippen molar-refractivity contribution in [2.75, 3.05) is 0 Å². The number of unbranched alkanes of at least 4 members (excludes halogenated alkanes) is 2. The van der Waals surface area contributed by atoms with Crippen molar-refractivity contribution < 1.29 is 19.1 Å². The second-order valence-corrected chi connectivity index (χ2v) is 9.56. The van der Waals surface area contributed by atoms with E-state index in [2.05, 4.69) is 27.0 Å². The van der Waals surface area contributed by atoms with Crippen LogP contribution in [0.2, 0.25) is 0 Å². The van der Waals surface area contributed by atoms with Crippen LogP contribution in [-0.4, -0.2) is 24.1 Å². The number of carbonyl (C=O) groups excluding carboxylic acids is 2. The summed E-state index contributed by atoms with van der Waals surface area (Å²) in [5.74, 6) is 0.532. The first-order valence-corrected chi connectivity index (χ1v) is 12.9. The zero-order chi connectivity index (χ0) is 23.3. The summed E-state index contributed by atoms with van der Waals surface area (Å²) >= 11 is 0. The van der Waals surface area contributed by atoms with E-state index in [0.29, 0.717) is 23.7 Å². The summed E-state index contributed by atoms with van der Waals surface area (Å²) in [6.45, 7) is 12.3. The van der Waals surface area contributed by atoms with Gasteiger partial charge >= 0.3 is 11.9 Å². The van der Waals surface area contributed by atoms with E-state index in [-0.39, 0.29) is 12.2 Å². The maximum absolute atomic E-state index is 12.5. The van der Waals surface area contributed by atoms with Crippen LogP contribution in [0, 0.1) is 23.7 Å². The zero-order valence-electron chi connectivity index (χ0n) is 20.3. The Bertz CT molecular complexity index is 583. The van der Waals surface area contributed by atoms with Crippen LogP contribution in [0.5, 0.6) is 0 Å². The van der Waals surface area contributed by atoms with Crippen LogP contribution in [0.4, 0.5) is 0 Å². The SMILES string of the molecule is C=CC1CCCC(OC(=O)/C=C\C(=O)OC2CCCC(C=C)C2CCCC)C1CCCC. The smallest absolute Gasteiger partial charge is 0.331 e. The number of ether oxygens (including phenoxy) is 2. The number of hydrogen-bond donors (Lipinski definition) is 0. The van der Waals surface area contributed by atoms with Gasteiger partial charge in [0.1, 0.15) is 12.2 Å². The minimum absolute atomic E-state index is 0.100. The molecule has 0 aromatic rings. The summed E-state index contributed by atoms with van der Waals surface area (Å²) in [5, 5.41) is 0. The van der Waals surface area contributed by atoms with Crippen molar-refractivity contribution in [2.45, 2.75) is 103 Å². The fourth-order valence-corrected chi connectivity index (χ4v) is 5.59. The second-order valence-electron chi connectivity index (χ2n) is 9.56. The highest BCUT2D eigenvalue weighted by Gasteiger charge is 2.34. The van der Waals surface area contributed by atoms with E-state index < -0.39 is 11.9 Å². The maximum Gasteiger partial charge on any atom is 0.331 e. The minimum Gasteiger partial charge on any atom is -0.459 e. The molecule has 2 rings (SSSR count). The summed E-state index contributed by atoms with van der Waals surface area (Å²) < 4.78 is 11.6. The predicted molar refractivity (Wildman–Crippen MR) is 130 cm³/mol. The van der Waals surface area contributed by atoms with Gasteiger partial charge in [0.05, 0.1) is 0 Å². The number of rotatable bonds is 12. The molecule has 0 radical (unpaired) electrons. The molecule has 0 amide bonds. The molecule has 32 heavy (non-hydrogen) atoms. The van der Waals surface area contributed by atoms with Crippen LogP contribution in [0.15, 0.2) is 37.5 Å². The molecular weight excluding hydrogens is 400 g/mol. The third-order valence-corrected chi connectivity index (χ3v) is 7.39. The van der Waals surface area contributed by atoms with Crippen LogP contribution < -0.4 is 0 Å².